The molecule has 24 heavy (non-hydrogen) atoms. The number of hydrogen-bond acceptors (Lipinski definition) is 6. The number of carbonyl (C=O) groups is 3. The number of aliphatic carboxylic acids is 1. The van der Waals surface area contributed by atoms with Crippen LogP contribution in [0.4, 0.5) is 0 Å². The van der Waals surface area contributed by atoms with Gasteiger partial charge in [-0.3, -0.25) is 19.7 Å². The van der Waals surface area contributed by atoms with Gasteiger partial charge in [-0.2, -0.15) is 0 Å². The Labute approximate surface area is 138 Å². The number of carboxylic acids is 1. The minimum Gasteiger partial charge on any atom is -0.481 e. The number of rotatable bonds is 4. The number of carbonyl (C=O) groups excluding carboxylic acids is 2. The van der Waals surface area contributed by atoms with Crippen LogP contribution < -0.4 is 10.1 Å². The van der Waals surface area contributed by atoms with Crippen molar-refractivity contribution in [3.05, 3.63) is 18.0 Å². The fourth-order valence-electron chi connectivity index (χ4n) is 3.16. The summed E-state index contributed by atoms with van der Waals surface area (Å²) >= 11 is 0. The van der Waals surface area contributed by atoms with E-state index >= 15 is 0 Å². The van der Waals surface area contributed by atoms with E-state index in [1.165, 1.54) is 0 Å². The first-order valence-electron chi connectivity index (χ1n) is 8.08. The summed E-state index contributed by atoms with van der Waals surface area (Å²) < 4.78 is 5.70. The minimum absolute atomic E-state index is 0.0814. The van der Waals surface area contributed by atoms with Crippen LogP contribution in [-0.4, -0.2) is 39.0 Å². The van der Waals surface area contributed by atoms with Gasteiger partial charge in [0.05, 0.1) is 11.8 Å². The molecule has 128 valence electrons. The van der Waals surface area contributed by atoms with E-state index in [9.17, 15) is 14.4 Å². The first-order chi connectivity index (χ1) is 11.5. The van der Waals surface area contributed by atoms with Crippen molar-refractivity contribution in [1.29, 1.82) is 0 Å². The maximum absolute atomic E-state index is 11.8. The third-order valence-electron chi connectivity index (χ3n) is 4.59. The summed E-state index contributed by atoms with van der Waals surface area (Å²) in [5.74, 6) is -2.04. The Morgan fingerprint density at radius 1 is 1.12 bits per heavy atom. The monoisotopic (exact) mass is 333 g/mol. The molecule has 1 aliphatic carbocycles. The van der Waals surface area contributed by atoms with Crippen molar-refractivity contribution in [3.63, 3.8) is 0 Å². The van der Waals surface area contributed by atoms with Crippen LogP contribution in [0.3, 0.4) is 0 Å². The molecule has 1 atom stereocenters. The van der Waals surface area contributed by atoms with Gasteiger partial charge in [0.1, 0.15) is 6.10 Å². The van der Waals surface area contributed by atoms with Crippen LogP contribution in [0.1, 0.15) is 50.0 Å². The predicted molar refractivity (Wildman–Crippen MR) is 81.2 cm³/mol. The first kappa shape index (κ1) is 16.4. The summed E-state index contributed by atoms with van der Waals surface area (Å²) in [6.45, 7) is 0. The lowest BCUT2D eigenvalue weighted by atomic mass is 9.87. The van der Waals surface area contributed by atoms with Crippen molar-refractivity contribution >= 4 is 17.8 Å². The Morgan fingerprint density at radius 2 is 1.79 bits per heavy atom. The summed E-state index contributed by atoms with van der Waals surface area (Å²) in [7, 11) is 0. The van der Waals surface area contributed by atoms with Gasteiger partial charge >= 0.3 is 12.0 Å². The number of hydrogen-bond donors (Lipinski definition) is 2. The van der Waals surface area contributed by atoms with Gasteiger partial charge in [-0.15, -0.1) is 0 Å². The highest BCUT2D eigenvalue weighted by molar-refractivity contribution is 6.00. The smallest absolute Gasteiger partial charge is 0.316 e. The van der Waals surface area contributed by atoms with E-state index in [1.54, 1.807) is 12.4 Å². The SMILES string of the molecule is O=C1CCC(c2cnc(OC3CCC(C(=O)O)CC3)nc2)C(=O)N1. The van der Waals surface area contributed by atoms with Crippen molar-refractivity contribution < 1.29 is 24.2 Å². The Hall–Kier alpha value is -2.51. The number of ether oxygens (including phenoxy) is 1. The van der Waals surface area contributed by atoms with Gasteiger partial charge in [0.2, 0.25) is 11.8 Å². The van der Waals surface area contributed by atoms with Gasteiger partial charge in [-0.05, 0) is 32.1 Å². The molecule has 0 radical (unpaired) electrons. The fourth-order valence-corrected chi connectivity index (χ4v) is 3.16. The van der Waals surface area contributed by atoms with Gasteiger partial charge in [0, 0.05) is 24.4 Å². The van der Waals surface area contributed by atoms with E-state index in [0.717, 1.165) is 0 Å². The van der Waals surface area contributed by atoms with Crippen LogP contribution in [0.25, 0.3) is 0 Å². The molecule has 2 aliphatic rings. The average molecular weight is 333 g/mol. The molecule has 1 aromatic heterocycles. The molecule has 0 spiro atoms. The summed E-state index contributed by atoms with van der Waals surface area (Å²) in [6.07, 6.45) is 6.28. The lowest BCUT2D eigenvalue weighted by molar-refractivity contribution is -0.143. The number of amides is 2. The maximum Gasteiger partial charge on any atom is 0.316 e. The molecule has 2 heterocycles. The molecule has 1 aliphatic heterocycles. The predicted octanol–water partition coefficient (Wildman–Crippen LogP) is 1.02. The molecule has 2 amide bonds. The van der Waals surface area contributed by atoms with Crippen molar-refractivity contribution in [2.24, 2.45) is 5.92 Å². The number of carboxylic acid groups (broad SMARTS) is 1. The number of imide groups is 1. The topological polar surface area (TPSA) is 118 Å². The normalized spacial score (nSPS) is 27.4. The van der Waals surface area contributed by atoms with E-state index in [4.69, 9.17) is 9.84 Å². The molecule has 8 nitrogen and oxygen atoms in total. The highest BCUT2D eigenvalue weighted by Gasteiger charge is 2.29. The molecule has 1 saturated carbocycles. The van der Waals surface area contributed by atoms with E-state index < -0.39 is 11.9 Å². The van der Waals surface area contributed by atoms with Crippen molar-refractivity contribution in [3.8, 4) is 6.01 Å². The molecule has 3 rings (SSSR count). The van der Waals surface area contributed by atoms with Crippen molar-refractivity contribution in [2.45, 2.75) is 50.5 Å². The molecular weight excluding hydrogens is 314 g/mol. The zero-order valence-electron chi connectivity index (χ0n) is 13.1. The second-order valence-electron chi connectivity index (χ2n) is 6.23. The molecule has 1 aromatic rings. The van der Waals surface area contributed by atoms with Gasteiger partial charge in [-0.1, -0.05) is 0 Å². The highest BCUT2D eigenvalue weighted by atomic mass is 16.5. The summed E-state index contributed by atoms with van der Waals surface area (Å²) in [6, 6.07) is 0.227. The Bertz CT molecular complexity index is 638. The molecule has 2 fully saturated rings. The lowest BCUT2D eigenvalue weighted by Gasteiger charge is -2.26. The van der Waals surface area contributed by atoms with E-state index in [2.05, 4.69) is 15.3 Å². The van der Waals surface area contributed by atoms with Crippen LogP contribution in [0.5, 0.6) is 6.01 Å². The maximum atomic E-state index is 11.8. The van der Waals surface area contributed by atoms with E-state index in [1.807, 2.05) is 0 Å². The van der Waals surface area contributed by atoms with Crippen LogP contribution in [0.2, 0.25) is 0 Å². The second kappa shape index (κ2) is 6.94. The largest absolute Gasteiger partial charge is 0.481 e. The number of aromatic nitrogens is 2. The van der Waals surface area contributed by atoms with Gasteiger partial charge in [0.15, 0.2) is 0 Å². The quantitative estimate of drug-likeness (QED) is 0.790. The van der Waals surface area contributed by atoms with Crippen LogP contribution in [0.15, 0.2) is 12.4 Å². The van der Waals surface area contributed by atoms with Gasteiger partial charge < -0.3 is 9.84 Å². The summed E-state index contributed by atoms with van der Waals surface area (Å²) in [5.41, 5.74) is 0.655. The molecule has 1 saturated heterocycles. The van der Waals surface area contributed by atoms with Gasteiger partial charge in [0.25, 0.3) is 0 Å². The minimum atomic E-state index is -0.752. The van der Waals surface area contributed by atoms with Gasteiger partial charge in [-0.25, -0.2) is 9.97 Å². The fraction of sp³-hybridized carbons (Fsp3) is 0.562. The second-order valence-corrected chi connectivity index (χ2v) is 6.23. The third kappa shape index (κ3) is 3.69. The first-order valence-corrected chi connectivity index (χ1v) is 8.08. The molecule has 0 bridgehead atoms. The van der Waals surface area contributed by atoms with Crippen LogP contribution in [0, 0.1) is 5.92 Å². The molecular formula is C16H19N3O5. The molecule has 0 aromatic carbocycles. The molecule has 1 unspecified atom stereocenters. The number of nitrogens with one attached hydrogen (secondary N) is 1. The standard InChI is InChI=1S/C16H19N3O5/c20-13-6-5-12(14(21)19-13)10-7-17-16(18-8-10)24-11-3-1-9(2-4-11)15(22)23/h7-9,11-12H,1-6H2,(H,22,23)(H,19,20,21). The lowest BCUT2D eigenvalue weighted by Crippen LogP contribution is -2.39. The summed E-state index contributed by atoms with van der Waals surface area (Å²) in [4.78, 5) is 42.2. The number of nitrogens with zero attached hydrogens (tertiary/aromatic N) is 2. The van der Waals surface area contributed by atoms with Crippen molar-refractivity contribution in [2.75, 3.05) is 0 Å². The van der Waals surface area contributed by atoms with E-state index in [0.29, 0.717) is 44.1 Å². The Morgan fingerprint density at radius 3 is 2.38 bits per heavy atom. The zero-order valence-corrected chi connectivity index (χ0v) is 13.1. The third-order valence-corrected chi connectivity index (χ3v) is 4.59. The van der Waals surface area contributed by atoms with Crippen LogP contribution >= 0.6 is 0 Å². The Kier molecular flexibility index (Phi) is 4.73. The average Bonchev–Trinajstić information content (AvgIpc) is 2.56. The van der Waals surface area contributed by atoms with Crippen molar-refractivity contribution in [1.82, 2.24) is 15.3 Å². The van der Waals surface area contributed by atoms with E-state index in [-0.39, 0.29) is 29.8 Å². The summed E-state index contributed by atoms with van der Waals surface area (Å²) in [5, 5.41) is 11.3. The Balaban J connectivity index is 1.56. The highest BCUT2D eigenvalue weighted by Crippen LogP contribution is 2.28. The van der Waals surface area contributed by atoms with Crippen LogP contribution in [-0.2, 0) is 14.4 Å². The molecule has 8 heteroatoms. The zero-order chi connectivity index (χ0) is 17.1. The number of piperidine rings is 1. The molecule has 2 N–H and O–H groups in total.